The van der Waals surface area contributed by atoms with Crippen molar-refractivity contribution in [1.29, 1.82) is 0 Å². The first-order chi connectivity index (χ1) is 34.8. The molecule has 9 heteroatoms. The summed E-state index contributed by atoms with van der Waals surface area (Å²) in [5.41, 5.74) is 0. The molecule has 7 atom stereocenters. The highest BCUT2D eigenvalue weighted by Gasteiger charge is 2.44. The molecule has 7 unspecified atom stereocenters. The van der Waals surface area contributed by atoms with Crippen molar-refractivity contribution in [2.75, 3.05) is 13.2 Å². The minimum atomic E-state index is -1.57. The molecule has 0 aromatic rings. The van der Waals surface area contributed by atoms with E-state index < -0.39 is 49.5 Å². The van der Waals surface area contributed by atoms with Crippen molar-refractivity contribution in [2.24, 2.45) is 0 Å². The maximum atomic E-state index is 13.0. The third-order valence-corrected chi connectivity index (χ3v) is 14.1. The van der Waals surface area contributed by atoms with Gasteiger partial charge in [-0.3, -0.25) is 4.79 Å². The van der Waals surface area contributed by atoms with Crippen molar-refractivity contribution in [3.8, 4) is 0 Å². The van der Waals surface area contributed by atoms with Crippen LogP contribution in [0.4, 0.5) is 0 Å². The number of rotatable bonds is 51. The number of nitrogens with one attached hydrogen (secondary N) is 1. The second-order valence-electron chi connectivity index (χ2n) is 20.8. The molecule has 6 N–H and O–H groups in total. The van der Waals surface area contributed by atoms with Crippen LogP contribution in [-0.2, 0) is 14.3 Å². The Morgan fingerprint density at radius 1 is 0.493 bits per heavy atom. The fourth-order valence-corrected chi connectivity index (χ4v) is 9.43. The Bertz CT molecular complexity index is 1300. The Kier molecular flexibility index (Phi) is 48.4. The van der Waals surface area contributed by atoms with E-state index in [0.717, 1.165) is 57.8 Å². The van der Waals surface area contributed by atoms with Crippen LogP contribution >= 0.6 is 0 Å². The summed E-state index contributed by atoms with van der Waals surface area (Å²) in [6.45, 7) is 3.71. The van der Waals surface area contributed by atoms with Gasteiger partial charge in [0.2, 0.25) is 5.91 Å². The summed E-state index contributed by atoms with van der Waals surface area (Å²) in [4.78, 5) is 13.0. The van der Waals surface area contributed by atoms with E-state index in [-0.39, 0.29) is 18.9 Å². The van der Waals surface area contributed by atoms with Crippen molar-refractivity contribution in [3.05, 3.63) is 60.8 Å². The Labute approximate surface area is 436 Å². The third kappa shape index (κ3) is 40.9. The van der Waals surface area contributed by atoms with Crippen molar-refractivity contribution in [3.63, 3.8) is 0 Å². The van der Waals surface area contributed by atoms with Gasteiger partial charge in [0.15, 0.2) is 6.29 Å². The van der Waals surface area contributed by atoms with Crippen LogP contribution in [0.3, 0.4) is 0 Å². The number of aliphatic hydroxyl groups is 5. The van der Waals surface area contributed by atoms with Crippen molar-refractivity contribution in [2.45, 2.75) is 314 Å². The highest BCUT2D eigenvalue weighted by atomic mass is 16.7. The van der Waals surface area contributed by atoms with Crippen LogP contribution in [-0.4, -0.2) is 87.5 Å². The van der Waals surface area contributed by atoms with Crippen LogP contribution in [0, 0.1) is 0 Å². The van der Waals surface area contributed by atoms with Crippen molar-refractivity contribution in [1.82, 2.24) is 5.32 Å². The molecule has 0 aliphatic carbocycles. The molecule has 0 radical (unpaired) electrons. The number of carbonyl (C=O) groups is 1. The molecule has 71 heavy (non-hydrogen) atoms. The highest BCUT2D eigenvalue weighted by molar-refractivity contribution is 5.76. The maximum Gasteiger partial charge on any atom is 0.220 e. The lowest BCUT2D eigenvalue weighted by Gasteiger charge is -2.40. The summed E-state index contributed by atoms with van der Waals surface area (Å²) in [6.07, 6.45) is 62.8. The average molecular weight is 1000 g/mol. The molecule has 1 aliphatic rings. The smallest absolute Gasteiger partial charge is 0.220 e. The Morgan fingerprint density at radius 2 is 0.859 bits per heavy atom. The molecule has 0 spiro atoms. The Hall–Kier alpha value is -2.11. The summed E-state index contributed by atoms with van der Waals surface area (Å²) < 4.78 is 11.3. The van der Waals surface area contributed by atoms with E-state index in [9.17, 15) is 30.3 Å². The number of carbonyl (C=O) groups excluding carboxylic acids is 1. The number of ether oxygens (including phenoxy) is 2. The standard InChI is InChI=1S/C62H113NO8/c1-3-5-7-9-11-13-15-17-19-21-22-23-24-25-26-27-28-29-30-31-32-33-34-36-37-39-41-43-45-47-49-51-56(65)55(54-70-62-61(69)60(68)59(67)57(53-64)71-62)63-58(66)52-50-48-46-44-42-40-38-35-20-18-16-14-12-10-8-6-4-2/h6,8,12,14,18,20,38,40,44,46,55-57,59-62,64-65,67-69H,3-5,7,9-11,13,15-17,19,21-37,39,41-43,45,47-54H2,1-2H3,(H,63,66)/b8-6-,14-12-,20-18-,40-38-,46-44-. The summed E-state index contributed by atoms with van der Waals surface area (Å²) in [5.74, 6) is -0.199. The molecule has 0 bridgehead atoms. The van der Waals surface area contributed by atoms with E-state index in [2.05, 4.69) is 79.9 Å². The molecule has 1 heterocycles. The summed E-state index contributed by atoms with van der Waals surface area (Å²) in [5, 5.41) is 54.6. The van der Waals surface area contributed by atoms with Gasteiger partial charge >= 0.3 is 0 Å². The van der Waals surface area contributed by atoms with Gasteiger partial charge in [0, 0.05) is 6.42 Å². The number of hydrogen-bond acceptors (Lipinski definition) is 8. The van der Waals surface area contributed by atoms with Gasteiger partial charge in [0.1, 0.15) is 24.4 Å². The number of hydrogen-bond donors (Lipinski definition) is 6. The molecule has 9 nitrogen and oxygen atoms in total. The minimum absolute atomic E-state index is 0.163. The van der Waals surface area contributed by atoms with Crippen LogP contribution < -0.4 is 5.32 Å². The monoisotopic (exact) mass is 1000 g/mol. The first-order valence-electron chi connectivity index (χ1n) is 30.0. The molecule has 0 aromatic heterocycles. The number of aliphatic hydroxyl groups excluding tert-OH is 5. The molecule has 414 valence electrons. The van der Waals surface area contributed by atoms with Gasteiger partial charge in [-0.05, 0) is 51.4 Å². The lowest BCUT2D eigenvalue weighted by molar-refractivity contribution is -0.302. The van der Waals surface area contributed by atoms with Crippen LogP contribution in [0.1, 0.15) is 271 Å². The first-order valence-corrected chi connectivity index (χ1v) is 30.0. The molecule has 1 rings (SSSR count). The van der Waals surface area contributed by atoms with E-state index in [1.54, 1.807) is 0 Å². The largest absolute Gasteiger partial charge is 0.394 e. The quantitative estimate of drug-likeness (QED) is 0.0261. The van der Waals surface area contributed by atoms with Crippen LogP contribution in [0.5, 0.6) is 0 Å². The zero-order valence-electron chi connectivity index (χ0n) is 46.0. The molecule has 1 fully saturated rings. The van der Waals surface area contributed by atoms with E-state index in [1.165, 1.54) is 180 Å². The van der Waals surface area contributed by atoms with Crippen LogP contribution in [0.2, 0.25) is 0 Å². The first kappa shape index (κ1) is 66.9. The van der Waals surface area contributed by atoms with Crippen LogP contribution in [0.15, 0.2) is 60.8 Å². The second kappa shape index (κ2) is 51.4. The van der Waals surface area contributed by atoms with Crippen LogP contribution in [0.25, 0.3) is 0 Å². The molecular weight excluding hydrogens is 887 g/mol. The Morgan fingerprint density at radius 3 is 1.24 bits per heavy atom. The van der Waals surface area contributed by atoms with Gasteiger partial charge in [-0.2, -0.15) is 0 Å². The third-order valence-electron chi connectivity index (χ3n) is 14.1. The van der Waals surface area contributed by atoms with E-state index in [4.69, 9.17) is 9.47 Å². The zero-order chi connectivity index (χ0) is 51.5. The Balaban J connectivity index is 2.16. The van der Waals surface area contributed by atoms with Gasteiger partial charge in [-0.15, -0.1) is 0 Å². The highest BCUT2D eigenvalue weighted by Crippen LogP contribution is 2.23. The summed E-state index contributed by atoms with van der Waals surface area (Å²) >= 11 is 0. The lowest BCUT2D eigenvalue weighted by Crippen LogP contribution is -2.60. The number of unbranched alkanes of at least 4 members (excludes halogenated alkanes) is 31. The number of allylic oxidation sites excluding steroid dienone is 10. The molecular formula is C62H113NO8. The van der Waals surface area contributed by atoms with Gasteiger partial charge in [-0.1, -0.05) is 274 Å². The summed E-state index contributed by atoms with van der Waals surface area (Å²) in [6, 6.07) is -0.753. The predicted molar refractivity (Wildman–Crippen MR) is 299 cm³/mol. The van der Waals surface area contributed by atoms with E-state index in [0.29, 0.717) is 12.8 Å². The topological polar surface area (TPSA) is 149 Å². The molecule has 1 aliphatic heterocycles. The molecule has 1 saturated heterocycles. The number of amides is 1. The average Bonchev–Trinajstić information content (AvgIpc) is 3.37. The SMILES string of the molecule is CC/C=C\C/C=C\C/C=C\C/C=C\C/C=C\CCCC(=O)NC(COC1OC(CO)C(O)C(O)C1O)C(O)CCCCCCCCCCCCCCCCCCCCCCCCCCCCCCCCC. The molecule has 0 aromatic carbocycles. The molecule has 1 amide bonds. The van der Waals surface area contributed by atoms with Gasteiger partial charge in [0.25, 0.3) is 0 Å². The fourth-order valence-electron chi connectivity index (χ4n) is 9.43. The van der Waals surface area contributed by atoms with E-state index in [1.807, 2.05) is 0 Å². The van der Waals surface area contributed by atoms with Gasteiger partial charge < -0.3 is 40.3 Å². The van der Waals surface area contributed by atoms with Gasteiger partial charge in [-0.25, -0.2) is 0 Å². The van der Waals surface area contributed by atoms with Crippen molar-refractivity contribution >= 4 is 5.91 Å². The lowest BCUT2D eigenvalue weighted by atomic mass is 9.99. The zero-order valence-corrected chi connectivity index (χ0v) is 46.0. The van der Waals surface area contributed by atoms with Crippen molar-refractivity contribution < 1.29 is 39.8 Å². The minimum Gasteiger partial charge on any atom is -0.394 e. The maximum absolute atomic E-state index is 13.0. The van der Waals surface area contributed by atoms with E-state index >= 15 is 0 Å². The predicted octanol–water partition coefficient (Wildman–Crippen LogP) is 15.1. The normalized spacial score (nSPS) is 19.7. The van der Waals surface area contributed by atoms with Gasteiger partial charge in [0.05, 0.1) is 25.4 Å². The second-order valence-corrected chi connectivity index (χ2v) is 20.8. The molecule has 0 saturated carbocycles. The summed E-state index contributed by atoms with van der Waals surface area (Å²) in [7, 11) is 0. The fraction of sp³-hybridized carbons (Fsp3) is 0.823.